The Bertz CT molecular complexity index is 582. The van der Waals surface area contributed by atoms with Crippen molar-refractivity contribution in [3.8, 4) is 5.75 Å². The van der Waals surface area contributed by atoms with Gasteiger partial charge < -0.3 is 4.74 Å². The van der Waals surface area contributed by atoms with E-state index in [-0.39, 0.29) is 33.0 Å². The molecule has 2 rings (SSSR count). The minimum Gasteiger partial charge on any atom is -0.497 e. The number of hydrogen-bond donors (Lipinski definition) is 0. The summed E-state index contributed by atoms with van der Waals surface area (Å²) in [6.45, 7) is 0. The molecule has 20 heavy (non-hydrogen) atoms. The van der Waals surface area contributed by atoms with Crippen LogP contribution in [0.25, 0.3) is 0 Å². The van der Waals surface area contributed by atoms with E-state index in [1.165, 1.54) is 0 Å². The minimum atomic E-state index is -0.0687. The van der Waals surface area contributed by atoms with Crippen molar-refractivity contribution in [1.29, 1.82) is 0 Å². The average Bonchev–Trinajstić information content (AvgIpc) is 2.39. The summed E-state index contributed by atoms with van der Waals surface area (Å²) in [6.07, 6.45) is 0. The summed E-state index contributed by atoms with van der Waals surface area (Å²) < 4.78 is 5.07. The molecule has 0 fully saturated rings. The monoisotopic (exact) mass is 319 g/mol. The molecule has 0 aromatic heterocycles. The van der Waals surface area contributed by atoms with Gasteiger partial charge in [0.2, 0.25) is 0 Å². The zero-order chi connectivity index (χ0) is 13.8. The molecule has 2 aromatic rings. The molecule has 0 N–H and O–H groups in total. The summed E-state index contributed by atoms with van der Waals surface area (Å²) in [7, 11) is 1.59. The number of benzene rings is 2. The number of carbonyl (C=O) groups is 1. The van der Waals surface area contributed by atoms with Crippen LogP contribution in [-0.4, -0.2) is 12.6 Å². The Morgan fingerprint density at radius 3 is 2.10 bits per heavy atom. The van der Waals surface area contributed by atoms with E-state index in [1.807, 2.05) is 24.3 Å². The predicted octanol–water partition coefficient (Wildman–Crippen LogP) is 1.15. The Kier molecular flexibility index (Phi) is 7.10. The van der Waals surface area contributed by atoms with E-state index in [1.54, 1.807) is 25.3 Å². The fraction of sp³-hybridized carbons (Fsp3) is 0.0714. The van der Waals surface area contributed by atoms with Gasteiger partial charge in [-0.15, -0.1) is 0 Å². The molecule has 2 nitrogen and oxygen atoms in total. The molecule has 0 saturated heterocycles. The number of rotatable bonds is 4. The maximum absolute atomic E-state index is 12.2. The SMILES string of the molecule is COc1ccc(PC(=O)c2c(Cl)cccc2Cl)cc1.[Li+]. The van der Waals surface area contributed by atoms with E-state index in [0.717, 1.165) is 11.1 Å². The van der Waals surface area contributed by atoms with Crippen LogP contribution in [0.3, 0.4) is 0 Å². The molecule has 0 radical (unpaired) electrons. The van der Waals surface area contributed by atoms with Gasteiger partial charge in [-0.3, -0.25) is 4.79 Å². The van der Waals surface area contributed by atoms with Crippen LogP contribution < -0.4 is 28.9 Å². The Morgan fingerprint density at radius 1 is 1.05 bits per heavy atom. The summed E-state index contributed by atoms with van der Waals surface area (Å²) in [5.74, 6) is 0.761. The minimum absolute atomic E-state index is 0. The molecule has 0 heterocycles. The molecule has 0 amide bonds. The van der Waals surface area contributed by atoms with Crippen molar-refractivity contribution in [3.05, 3.63) is 58.1 Å². The molecule has 6 heteroatoms. The van der Waals surface area contributed by atoms with Crippen LogP contribution in [0.2, 0.25) is 10.0 Å². The third-order valence-electron chi connectivity index (χ3n) is 2.54. The van der Waals surface area contributed by atoms with Crippen molar-refractivity contribution in [3.63, 3.8) is 0 Å². The van der Waals surface area contributed by atoms with Crippen molar-refractivity contribution >= 4 is 42.6 Å². The topological polar surface area (TPSA) is 26.3 Å². The second-order valence-electron chi connectivity index (χ2n) is 3.78. The van der Waals surface area contributed by atoms with E-state index in [4.69, 9.17) is 27.9 Å². The van der Waals surface area contributed by atoms with Gasteiger partial charge in [-0.05, 0) is 38.2 Å². The predicted molar refractivity (Wildman–Crippen MR) is 81.7 cm³/mol. The van der Waals surface area contributed by atoms with Gasteiger partial charge in [0, 0.05) is 0 Å². The Morgan fingerprint density at radius 2 is 1.60 bits per heavy atom. The number of methoxy groups -OCH3 is 1. The van der Waals surface area contributed by atoms with Gasteiger partial charge in [0.15, 0.2) is 5.52 Å². The Hall–Kier alpha value is -0.483. The molecule has 0 aliphatic carbocycles. The van der Waals surface area contributed by atoms with Crippen LogP contribution in [0.1, 0.15) is 10.4 Å². The number of hydrogen-bond acceptors (Lipinski definition) is 2. The van der Waals surface area contributed by atoms with Crippen molar-refractivity contribution in [2.24, 2.45) is 0 Å². The van der Waals surface area contributed by atoms with Crippen molar-refractivity contribution in [2.45, 2.75) is 0 Å². The maximum atomic E-state index is 12.2. The Labute approximate surface area is 141 Å². The first-order valence-corrected chi connectivity index (χ1v) is 7.27. The molecule has 1 atom stereocenters. The zero-order valence-corrected chi connectivity index (χ0v) is 13.6. The molecule has 0 spiro atoms. The van der Waals surface area contributed by atoms with Crippen molar-refractivity contribution < 1.29 is 28.4 Å². The smallest absolute Gasteiger partial charge is 0.497 e. The number of carbonyl (C=O) groups excluding carboxylic acids is 1. The van der Waals surface area contributed by atoms with Gasteiger partial charge in [-0.2, -0.15) is 0 Å². The van der Waals surface area contributed by atoms with Gasteiger partial charge in [0.1, 0.15) is 5.75 Å². The summed E-state index contributed by atoms with van der Waals surface area (Å²) in [4.78, 5) is 12.2. The quantitative estimate of drug-likeness (QED) is 0.624. The van der Waals surface area contributed by atoms with Gasteiger partial charge in [0.25, 0.3) is 0 Å². The van der Waals surface area contributed by atoms with Crippen LogP contribution in [-0.2, 0) is 0 Å². The molecule has 0 aliphatic heterocycles. The second-order valence-corrected chi connectivity index (χ2v) is 5.88. The molecule has 0 saturated carbocycles. The number of halogens is 2. The normalized spacial score (nSPS) is 10.3. The third kappa shape index (κ3) is 4.25. The van der Waals surface area contributed by atoms with E-state index in [0.29, 0.717) is 15.6 Å². The van der Waals surface area contributed by atoms with Crippen LogP contribution in [0.15, 0.2) is 42.5 Å². The standard InChI is InChI=1S/C14H11Cl2O2P.Li/c1-18-9-5-7-10(8-6-9)19-14(17)13-11(15)3-2-4-12(13)16;/h2-8,19H,1H3;/q;+1. The molecular formula is C14H11Cl2LiO2P+. The summed E-state index contributed by atoms with van der Waals surface area (Å²) in [6, 6.07) is 12.4. The van der Waals surface area contributed by atoms with Gasteiger partial charge in [-0.25, -0.2) is 0 Å². The average molecular weight is 320 g/mol. The summed E-state index contributed by atoms with van der Waals surface area (Å²) >= 11 is 12.0. The molecule has 0 bridgehead atoms. The first kappa shape index (κ1) is 17.6. The first-order valence-electron chi connectivity index (χ1n) is 5.51. The van der Waals surface area contributed by atoms with Gasteiger partial charge >= 0.3 is 18.9 Å². The molecule has 2 aromatic carbocycles. The van der Waals surface area contributed by atoms with Crippen LogP contribution in [0.4, 0.5) is 0 Å². The van der Waals surface area contributed by atoms with Gasteiger partial charge in [-0.1, -0.05) is 41.4 Å². The fourth-order valence-electron chi connectivity index (χ4n) is 1.58. The molecule has 1 unspecified atom stereocenters. The summed E-state index contributed by atoms with van der Waals surface area (Å²) in [5.41, 5.74) is 0.320. The molecular weight excluding hydrogens is 309 g/mol. The molecule has 0 aliphatic rings. The van der Waals surface area contributed by atoms with E-state index >= 15 is 0 Å². The largest absolute Gasteiger partial charge is 1.00 e. The van der Waals surface area contributed by atoms with Gasteiger partial charge in [0.05, 0.1) is 22.7 Å². The molecule has 98 valence electrons. The first-order chi connectivity index (χ1) is 9.11. The third-order valence-corrected chi connectivity index (χ3v) is 4.27. The van der Waals surface area contributed by atoms with Crippen LogP contribution in [0.5, 0.6) is 5.75 Å². The Balaban J connectivity index is 0.00000200. The van der Waals surface area contributed by atoms with E-state index in [2.05, 4.69) is 0 Å². The van der Waals surface area contributed by atoms with Crippen LogP contribution >= 0.6 is 31.8 Å². The zero-order valence-electron chi connectivity index (χ0n) is 11.1. The van der Waals surface area contributed by atoms with Crippen molar-refractivity contribution in [1.82, 2.24) is 0 Å². The van der Waals surface area contributed by atoms with Crippen LogP contribution in [0, 0.1) is 0 Å². The maximum Gasteiger partial charge on any atom is 1.00 e. The van der Waals surface area contributed by atoms with Crippen molar-refractivity contribution in [2.75, 3.05) is 7.11 Å². The second kappa shape index (κ2) is 8.08. The van der Waals surface area contributed by atoms with E-state index < -0.39 is 0 Å². The number of ether oxygens (including phenoxy) is 1. The fourth-order valence-corrected chi connectivity index (χ4v) is 3.30. The van der Waals surface area contributed by atoms with E-state index in [9.17, 15) is 4.79 Å². The summed E-state index contributed by atoms with van der Waals surface area (Å²) in [5, 5.41) is 1.69.